The van der Waals surface area contributed by atoms with E-state index in [2.05, 4.69) is 24.5 Å². The van der Waals surface area contributed by atoms with Crippen molar-refractivity contribution >= 4 is 12.0 Å². The lowest BCUT2D eigenvalue weighted by Gasteiger charge is -2.28. The average molecular weight is 256 g/mol. The van der Waals surface area contributed by atoms with Gasteiger partial charge in [0.25, 0.3) is 0 Å². The molecule has 5 heteroatoms. The third-order valence-electron chi connectivity index (χ3n) is 3.78. The number of rotatable bonds is 4. The molecule has 0 heterocycles. The maximum Gasteiger partial charge on any atom is 0.326 e. The summed E-state index contributed by atoms with van der Waals surface area (Å²) >= 11 is 0. The average Bonchev–Trinajstić information content (AvgIpc) is 2.54. The molecule has 1 fully saturated rings. The summed E-state index contributed by atoms with van der Waals surface area (Å²) in [7, 11) is 0. The van der Waals surface area contributed by atoms with Crippen molar-refractivity contribution in [2.45, 2.75) is 59.0 Å². The van der Waals surface area contributed by atoms with E-state index in [1.165, 1.54) is 0 Å². The molecule has 1 aliphatic carbocycles. The lowest BCUT2D eigenvalue weighted by molar-refractivity contribution is -0.140. The van der Waals surface area contributed by atoms with Crippen molar-refractivity contribution < 1.29 is 14.7 Å². The number of urea groups is 1. The van der Waals surface area contributed by atoms with E-state index in [0.717, 1.165) is 19.3 Å². The van der Waals surface area contributed by atoms with Gasteiger partial charge in [0.1, 0.15) is 6.04 Å². The predicted octanol–water partition coefficient (Wildman–Crippen LogP) is 1.97. The third kappa shape index (κ3) is 3.62. The van der Waals surface area contributed by atoms with E-state index in [1.54, 1.807) is 13.8 Å². The van der Waals surface area contributed by atoms with Crippen LogP contribution in [0.3, 0.4) is 0 Å². The first-order valence-corrected chi connectivity index (χ1v) is 6.54. The van der Waals surface area contributed by atoms with Crippen LogP contribution in [-0.4, -0.2) is 29.2 Å². The molecular weight excluding hydrogens is 232 g/mol. The minimum absolute atomic E-state index is 0.0912. The van der Waals surface area contributed by atoms with Crippen LogP contribution in [0.2, 0.25) is 0 Å². The van der Waals surface area contributed by atoms with E-state index >= 15 is 0 Å². The van der Waals surface area contributed by atoms with Crippen LogP contribution in [0, 0.1) is 11.3 Å². The van der Waals surface area contributed by atoms with Crippen LogP contribution in [0.4, 0.5) is 4.79 Å². The van der Waals surface area contributed by atoms with E-state index in [4.69, 9.17) is 5.11 Å². The van der Waals surface area contributed by atoms with Gasteiger partial charge in [-0.1, -0.05) is 34.1 Å². The third-order valence-corrected chi connectivity index (χ3v) is 3.78. The Morgan fingerprint density at radius 2 is 1.94 bits per heavy atom. The number of carboxylic acid groups (broad SMARTS) is 1. The number of carbonyl (C=O) groups excluding carboxylic acids is 1. The summed E-state index contributed by atoms with van der Waals surface area (Å²) in [6, 6.07) is -1.09. The molecule has 5 nitrogen and oxygen atoms in total. The minimum Gasteiger partial charge on any atom is -0.480 e. The second-order valence-electron chi connectivity index (χ2n) is 6.11. The zero-order valence-corrected chi connectivity index (χ0v) is 11.6. The molecule has 104 valence electrons. The largest absolute Gasteiger partial charge is 0.480 e. The van der Waals surface area contributed by atoms with E-state index in [-0.39, 0.29) is 23.4 Å². The summed E-state index contributed by atoms with van der Waals surface area (Å²) in [5, 5.41) is 14.4. The van der Waals surface area contributed by atoms with Crippen LogP contribution in [0.25, 0.3) is 0 Å². The summed E-state index contributed by atoms with van der Waals surface area (Å²) < 4.78 is 0. The van der Waals surface area contributed by atoms with Gasteiger partial charge in [-0.25, -0.2) is 9.59 Å². The van der Waals surface area contributed by atoms with E-state index in [1.807, 2.05) is 0 Å². The molecule has 1 saturated carbocycles. The highest BCUT2D eigenvalue weighted by Crippen LogP contribution is 2.37. The minimum atomic E-state index is -0.995. The molecular formula is C13H24N2O3. The summed E-state index contributed by atoms with van der Waals surface area (Å²) in [5.74, 6) is -1.13. The second-order valence-corrected chi connectivity index (χ2v) is 6.11. The number of carbonyl (C=O) groups is 2. The Labute approximate surface area is 108 Å². The Morgan fingerprint density at radius 1 is 1.33 bits per heavy atom. The molecule has 2 atom stereocenters. The van der Waals surface area contributed by atoms with Crippen molar-refractivity contribution in [3.63, 3.8) is 0 Å². The van der Waals surface area contributed by atoms with Gasteiger partial charge in [0.2, 0.25) is 0 Å². The number of aliphatic carboxylic acids is 1. The SMILES string of the molecule is CC(C)[C@H](NC(=O)NC1CCCC1(C)C)C(=O)O. The van der Waals surface area contributed by atoms with Crippen LogP contribution in [0.5, 0.6) is 0 Å². The molecule has 0 aromatic carbocycles. The Hall–Kier alpha value is -1.26. The number of hydrogen-bond acceptors (Lipinski definition) is 2. The van der Waals surface area contributed by atoms with E-state index in [9.17, 15) is 9.59 Å². The van der Waals surface area contributed by atoms with Crippen LogP contribution in [0.1, 0.15) is 47.0 Å². The van der Waals surface area contributed by atoms with Crippen molar-refractivity contribution in [3.05, 3.63) is 0 Å². The van der Waals surface area contributed by atoms with Gasteiger partial charge in [-0.15, -0.1) is 0 Å². The van der Waals surface area contributed by atoms with Crippen molar-refractivity contribution in [2.24, 2.45) is 11.3 Å². The highest BCUT2D eigenvalue weighted by atomic mass is 16.4. The Bertz CT molecular complexity index is 326. The summed E-state index contributed by atoms with van der Waals surface area (Å²) in [6.07, 6.45) is 3.15. The quantitative estimate of drug-likeness (QED) is 0.719. The van der Waals surface area contributed by atoms with Gasteiger partial charge in [-0.2, -0.15) is 0 Å². The van der Waals surface area contributed by atoms with Crippen molar-refractivity contribution in [2.75, 3.05) is 0 Å². The molecule has 0 saturated heterocycles. The van der Waals surface area contributed by atoms with Gasteiger partial charge >= 0.3 is 12.0 Å². The Kier molecular flexibility index (Phi) is 4.59. The molecule has 0 bridgehead atoms. The molecule has 2 amide bonds. The fraction of sp³-hybridized carbons (Fsp3) is 0.846. The summed E-state index contributed by atoms with van der Waals surface area (Å²) in [5.41, 5.74) is 0.0912. The standard InChI is InChI=1S/C13H24N2O3/c1-8(2)10(11(16)17)15-12(18)14-9-6-5-7-13(9,3)4/h8-10H,5-7H2,1-4H3,(H,16,17)(H2,14,15,18)/t9?,10-/m0/s1. The molecule has 1 aliphatic rings. The summed E-state index contributed by atoms with van der Waals surface area (Å²) in [6.45, 7) is 7.81. The first-order valence-electron chi connectivity index (χ1n) is 6.54. The highest BCUT2D eigenvalue weighted by molar-refractivity contribution is 5.82. The Morgan fingerprint density at radius 3 is 2.33 bits per heavy atom. The molecule has 0 aromatic heterocycles. The fourth-order valence-electron chi connectivity index (χ4n) is 2.45. The first kappa shape index (κ1) is 14.8. The first-order chi connectivity index (χ1) is 8.24. The predicted molar refractivity (Wildman–Crippen MR) is 69.3 cm³/mol. The molecule has 0 aliphatic heterocycles. The van der Waals surface area contributed by atoms with Crippen LogP contribution >= 0.6 is 0 Å². The number of hydrogen-bond donors (Lipinski definition) is 3. The molecule has 1 rings (SSSR count). The molecule has 0 spiro atoms. The highest BCUT2D eigenvalue weighted by Gasteiger charge is 2.36. The van der Waals surface area contributed by atoms with Crippen molar-refractivity contribution in [1.29, 1.82) is 0 Å². The van der Waals surface area contributed by atoms with Crippen LogP contribution < -0.4 is 10.6 Å². The zero-order valence-electron chi connectivity index (χ0n) is 11.6. The van der Waals surface area contributed by atoms with Gasteiger partial charge in [0, 0.05) is 6.04 Å². The van der Waals surface area contributed by atoms with Crippen LogP contribution in [-0.2, 0) is 4.79 Å². The van der Waals surface area contributed by atoms with Crippen LogP contribution in [0.15, 0.2) is 0 Å². The van der Waals surface area contributed by atoms with Gasteiger partial charge < -0.3 is 15.7 Å². The lowest BCUT2D eigenvalue weighted by Crippen LogP contribution is -2.52. The lowest BCUT2D eigenvalue weighted by atomic mass is 9.87. The normalized spacial score (nSPS) is 23.7. The molecule has 3 N–H and O–H groups in total. The van der Waals surface area contributed by atoms with Gasteiger partial charge in [0.15, 0.2) is 0 Å². The summed E-state index contributed by atoms with van der Waals surface area (Å²) in [4.78, 5) is 22.8. The van der Waals surface area contributed by atoms with Gasteiger partial charge in [-0.05, 0) is 24.2 Å². The van der Waals surface area contributed by atoms with Crippen molar-refractivity contribution in [1.82, 2.24) is 10.6 Å². The molecule has 0 aromatic rings. The smallest absolute Gasteiger partial charge is 0.326 e. The van der Waals surface area contributed by atoms with E-state index < -0.39 is 12.0 Å². The maximum absolute atomic E-state index is 11.8. The number of carboxylic acids is 1. The topological polar surface area (TPSA) is 78.4 Å². The number of nitrogens with one attached hydrogen (secondary N) is 2. The molecule has 0 radical (unpaired) electrons. The van der Waals surface area contributed by atoms with E-state index in [0.29, 0.717) is 0 Å². The maximum atomic E-state index is 11.8. The van der Waals surface area contributed by atoms with Crippen molar-refractivity contribution in [3.8, 4) is 0 Å². The zero-order chi connectivity index (χ0) is 13.9. The fourth-order valence-corrected chi connectivity index (χ4v) is 2.45. The second kappa shape index (κ2) is 5.59. The van der Waals surface area contributed by atoms with Gasteiger partial charge in [-0.3, -0.25) is 0 Å². The number of amides is 2. The Balaban J connectivity index is 2.53. The molecule has 1 unspecified atom stereocenters. The van der Waals surface area contributed by atoms with Gasteiger partial charge in [0.05, 0.1) is 0 Å². The monoisotopic (exact) mass is 256 g/mol. The molecule has 18 heavy (non-hydrogen) atoms.